The zero-order valence-electron chi connectivity index (χ0n) is 17.1. The minimum absolute atomic E-state index is 0.106. The van der Waals surface area contributed by atoms with Crippen molar-refractivity contribution in [3.05, 3.63) is 34.9 Å². The Hall–Kier alpha value is -1.83. The predicted molar refractivity (Wildman–Crippen MR) is 114 cm³/mol. The van der Waals surface area contributed by atoms with Crippen molar-refractivity contribution in [2.45, 2.75) is 31.9 Å². The van der Waals surface area contributed by atoms with E-state index in [-0.39, 0.29) is 12.0 Å². The number of halogens is 1. The molecule has 1 amide bonds. The molecule has 0 radical (unpaired) electrons. The fourth-order valence-corrected chi connectivity index (χ4v) is 3.69. The van der Waals surface area contributed by atoms with E-state index < -0.39 is 0 Å². The molecule has 1 aromatic rings. The average molecular weight is 423 g/mol. The van der Waals surface area contributed by atoms with Crippen molar-refractivity contribution in [1.29, 1.82) is 0 Å². The van der Waals surface area contributed by atoms with Gasteiger partial charge in [0.1, 0.15) is 0 Å². The molecule has 3 rings (SSSR count). The van der Waals surface area contributed by atoms with Crippen molar-refractivity contribution in [2.24, 2.45) is 4.99 Å². The molecule has 0 spiro atoms. The molecule has 1 aromatic carbocycles. The summed E-state index contributed by atoms with van der Waals surface area (Å²) in [5.41, 5.74) is 1.08. The first kappa shape index (κ1) is 21.9. The Labute approximate surface area is 178 Å². The van der Waals surface area contributed by atoms with Gasteiger partial charge in [0.25, 0.3) is 0 Å². The van der Waals surface area contributed by atoms with Gasteiger partial charge in [-0.1, -0.05) is 23.7 Å². The molecule has 1 unspecified atom stereocenters. The Balaban J connectivity index is 1.35. The SMILES string of the molecule is CN=C(NCCCOCC1CCCO1)N1CCN(Cc2ccc(Cl)cc2)C(=O)C1. The monoisotopic (exact) mass is 422 g/mol. The number of aliphatic imine (C=N–C) groups is 1. The Morgan fingerprint density at radius 1 is 1.34 bits per heavy atom. The number of rotatable bonds is 8. The Kier molecular flexibility index (Phi) is 8.58. The van der Waals surface area contributed by atoms with Crippen LogP contribution in [0.3, 0.4) is 0 Å². The summed E-state index contributed by atoms with van der Waals surface area (Å²) in [6.45, 7) is 5.37. The summed E-state index contributed by atoms with van der Waals surface area (Å²) in [4.78, 5) is 20.8. The lowest BCUT2D eigenvalue weighted by atomic mass is 10.2. The molecule has 0 saturated carbocycles. The molecule has 160 valence electrons. The first-order valence-electron chi connectivity index (χ1n) is 10.3. The number of nitrogens with zero attached hydrogens (tertiary/aromatic N) is 3. The molecule has 29 heavy (non-hydrogen) atoms. The van der Waals surface area contributed by atoms with Gasteiger partial charge in [-0.2, -0.15) is 0 Å². The number of piperazine rings is 1. The van der Waals surface area contributed by atoms with E-state index in [1.54, 1.807) is 7.05 Å². The first-order chi connectivity index (χ1) is 14.2. The molecule has 2 aliphatic heterocycles. The molecule has 2 fully saturated rings. The number of benzene rings is 1. The fourth-order valence-electron chi connectivity index (χ4n) is 3.56. The summed E-state index contributed by atoms with van der Waals surface area (Å²) >= 11 is 5.93. The van der Waals surface area contributed by atoms with Crippen LogP contribution in [0.1, 0.15) is 24.8 Å². The maximum atomic E-state index is 12.6. The van der Waals surface area contributed by atoms with Crippen LogP contribution < -0.4 is 5.32 Å². The van der Waals surface area contributed by atoms with Crippen LogP contribution >= 0.6 is 11.6 Å². The highest BCUT2D eigenvalue weighted by molar-refractivity contribution is 6.30. The lowest BCUT2D eigenvalue weighted by molar-refractivity contribution is -0.135. The van der Waals surface area contributed by atoms with Crippen LogP contribution in [0.5, 0.6) is 0 Å². The normalized spacial score (nSPS) is 20.4. The third kappa shape index (κ3) is 6.87. The standard InChI is InChI=1S/C21H31ClN4O3/c1-23-21(24-9-3-12-28-16-19-4-2-13-29-19)26-11-10-25(20(27)15-26)14-17-5-7-18(22)8-6-17/h5-8,19H,2-4,9-16H2,1H3,(H,23,24). The Morgan fingerprint density at radius 3 is 2.86 bits per heavy atom. The van der Waals surface area contributed by atoms with Crippen LogP contribution in [-0.4, -0.2) is 80.8 Å². The summed E-state index contributed by atoms with van der Waals surface area (Å²) in [5.74, 6) is 0.873. The average Bonchev–Trinajstić information content (AvgIpc) is 3.24. The molecular weight excluding hydrogens is 392 g/mol. The van der Waals surface area contributed by atoms with Gasteiger partial charge in [-0.3, -0.25) is 9.79 Å². The molecule has 8 heteroatoms. The first-order valence-corrected chi connectivity index (χ1v) is 10.7. The van der Waals surface area contributed by atoms with Gasteiger partial charge in [-0.05, 0) is 37.0 Å². The van der Waals surface area contributed by atoms with Gasteiger partial charge in [0.05, 0.1) is 19.3 Å². The van der Waals surface area contributed by atoms with Crippen LogP contribution in [0.2, 0.25) is 5.02 Å². The number of carbonyl (C=O) groups is 1. The van der Waals surface area contributed by atoms with E-state index in [0.717, 1.165) is 50.5 Å². The fraction of sp³-hybridized carbons (Fsp3) is 0.619. The second-order valence-corrected chi connectivity index (χ2v) is 7.84. The zero-order valence-corrected chi connectivity index (χ0v) is 17.9. The summed E-state index contributed by atoms with van der Waals surface area (Å²) in [7, 11) is 1.75. The summed E-state index contributed by atoms with van der Waals surface area (Å²) in [5, 5.41) is 4.04. The molecule has 7 nitrogen and oxygen atoms in total. The van der Waals surface area contributed by atoms with Crippen LogP contribution in [0.4, 0.5) is 0 Å². The van der Waals surface area contributed by atoms with Crippen LogP contribution in [-0.2, 0) is 20.8 Å². The third-order valence-corrected chi connectivity index (χ3v) is 5.44. The number of nitrogens with one attached hydrogen (secondary N) is 1. The minimum atomic E-state index is 0.106. The molecule has 0 bridgehead atoms. The lowest BCUT2D eigenvalue weighted by Crippen LogP contribution is -2.55. The van der Waals surface area contributed by atoms with Gasteiger partial charge < -0.3 is 24.6 Å². The minimum Gasteiger partial charge on any atom is -0.379 e. The number of hydrogen-bond donors (Lipinski definition) is 1. The Bertz CT molecular complexity index is 677. The smallest absolute Gasteiger partial charge is 0.242 e. The van der Waals surface area contributed by atoms with E-state index >= 15 is 0 Å². The van der Waals surface area contributed by atoms with Crippen molar-refractivity contribution < 1.29 is 14.3 Å². The second-order valence-electron chi connectivity index (χ2n) is 7.40. The molecule has 0 aromatic heterocycles. The molecular formula is C21H31ClN4O3. The van der Waals surface area contributed by atoms with Crippen molar-refractivity contribution in [3.63, 3.8) is 0 Å². The predicted octanol–water partition coefficient (Wildman–Crippen LogP) is 2.15. The Morgan fingerprint density at radius 2 is 2.17 bits per heavy atom. The summed E-state index contributed by atoms with van der Waals surface area (Å²) in [6, 6.07) is 7.63. The van der Waals surface area contributed by atoms with E-state index in [0.29, 0.717) is 37.9 Å². The van der Waals surface area contributed by atoms with Crippen molar-refractivity contribution in [3.8, 4) is 0 Å². The van der Waals surface area contributed by atoms with E-state index in [9.17, 15) is 4.79 Å². The second kappa shape index (κ2) is 11.4. The van der Waals surface area contributed by atoms with Crippen LogP contribution in [0, 0.1) is 0 Å². The highest BCUT2D eigenvalue weighted by atomic mass is 35.5. The molecule has 0 aliphatic carbocycles. The van der Waals surface area contributed by atoms with Gasteiger partial charge >= 0.3 is 0 Å². The topological polar surface area (TPSA) is 66.4 Å². The van der Waals surface area contributed by atoms with Crippen LogP contribution in [0.25, 0.3) is 0 Å². The zero-order chi connectivity index (χ0) is 20.5. The lowest BCUT2D eigenvalue weighted by Gasteiger charge is -2.36. The highest BCUT2D eigenvalue weighted by Crippen LogP contribution is 2.14. The van der Waals surface area contributed by atoms with Gasteiger partial charge in [-0.15, -0.1) is 0 Å². The summed E-state index contributed by atoms with van der Waals surface area (Å²) < 4.78 is 11.2. The van der Waals surface area contributed by atoms with Gasteiger partial charge in [0, 0.05) is 51.5 Å². The summed E-state index contributed by atoms with van der Waals surface area (Å²) in [6.07, 6.45) is 3.39. The number of carbonyl (C=O) groups excluding carboxylic acids is 1. The van der Waals surface area contributed by atoms with E-state index in [4.69, 9.17) is 21.1 Å². The van der Waals surface area contributed by atoms with Gasteiger partial charge in [0.15, 0.2) is 5.96 Å². The number of ether oxygens (including phenoxy) is 2. The third-order valence-electron chi connectivity index (χ3n) is 5.19. The van der Waals surface area contributed by atoms with Gasteiger partial charge in [-0.25, -0.2) is 0 Å². The number of guanidine groups is 1. The molecule has 2 saturated heterocycles. The van der Waals surface area contributed by atoms with Crippen LogP contribution in [0.15, 0.2) is 29.3 Å². The van der Waals surface area contributed by atoms with Crippen molar-refractivity contribution in [1.82, 2.24) is 15.1 Å². The van der Waals surface area contributed by atoms with Crippen molar-refractivity contribution in [2.75, 3.05) is 53.0 Å². The molecule has 1 N–H and O–H groups in total. The van der Waals surface area contributed by atoms with E-state index in [1.807, 2.05) is 34.1 Å². The molecule has 2 aliphatic rings. The molecule has 1 atom stereocenters. The quantitative estimate of drug-likeness (QED) is 0.395. The van der Waals surface area contributed by atoms with E-state index in [1.165, 1.54) is 0 Å². The number of hydrogen-bond acceptors (Lipinski definition) is 4. The number of amides is 1. The molecule has 2 heterocycles. The highest BCUT2D eigenvalue weighted by Gasteiger charge is 2.25. The van der Waals surface area contributed by atoms with E-state index in [2.05, 4.69) is 10.3 Å². The van der Waals surface area contributed by atoms with Crippen molar-refractivity contribution >= 4 is 23.5 Å². The maximum absolute atomic E-state index is 12.6. The maximum Gasteiger partial charge on any atom is 0.242 e. The largest absolute Gasteiger partial charge is 0.379 e. The van der Waals surface area contributed by atoms with Gasteiger partial charge in [0.2, 0.25) is 5.91 Å².